The lowest BCUT2D eigenvalue weighted by molar-refractivity contribution is 0.578. The molecule has 5 nitrogen and oxygen atoms in total. The maximum absolute atomic E-state index is 13.4. The molecule has 5 rings (SSSR count). The highest BCUT2D eigenvalue weighted by Gasteiger charge is 2.25. The Morgan fingerprint density at radius 1 is 0.857 bits per heavy atom. The van der Waals surface area contributed by atoms with Crippen molar-refractivity contribution in [2.45, 2.75) is 29.2 Å². The molecule has 1 N–H and O–H groups in total. The summed E-state index contributed by atoms with van der Waals surface area (Å²) >= 11 is 0. The molecule has 0 saturated carbocycles. The van der Waals surface area contributed by atoms with E-state index < -0.39 is 9.84 Å². The smallest absolute Gasteiger partial charge is 0.224 e. The lowest BCUT2D eigenvalue weighted by Crippen LogP contribution is -2.29. The number of benzene rings is 3. The monoisotopic (exact) mass is 391 g/mol. The lowest BCUT2D eigenvalue weighted by Gasteiger charge is -2.28. The standard InChI is InChI=1S/C22H21N3O2S/c26-28(27,21-10-6-8-16-7-2-3-9-18(16)21)22-19-12-11-17(15-20(19)23-24-22)25-13-4-1-5-14-25/h2-3,6-12,15H,1,4-5,13-14H2,(H,23,24). The molecule has 0 amide bonds. The summed E-state index contributed by atoms with van der Waals surface area (Å²) in [6.07, 6.45) is 3.66. The van der Waals surface area contributed by atoms with Gasteiger partial charge in [0.25, 0.3) is 0 Å². The lowest BCUT2D eigenvalue weighted by atomic mass is 10.1. The number of anilines is 1. The van der Waals surface area contributed by atoms with Crippen LogP contribution in [0.15, 0.2) is 70.6 Å². The van der Waals surface area contributed by atoms with Crippen molar-refractivity contribution >= 4 is 37.2 Å². The Bertz CT molecular complexity index is 1270. The summed E-state index contributed by atoms with van der Waals surface area (Å²) in [7, 11) is -3.72. The van der Waals surface area contributed by atoms with Crippen LogP contribution in [-0.2, 0) is 9.84 Å². The predicted octanol–water partition coefficient (Wildman–Crippen LogP) is 4.54. The zero-order valence-corrected chi connectivity index (χ0v) is 16.2. The fourth-order valence-corrected chi connectivity index (χ4v) is 5.65. The maximum atomic E-state index is 13.4. The number of hydrogen-bond donors (Lipinski definition) is 1. The van der Waals surface area contributed by atoms with Crippen molar-refractivity contribution in [1.82, 2.24) is 10.2 Å². The zero-order chi connectivity index (χ0) is 19.1. The topological polar surface area (TPSA) is 66.1 Å². The van der Waals surface area contributed by atoms with Crippen LogP contribution in [0.5, 0.6) is 0 Å². The van der Waals surface area contributed by atoms with Crippen LogP contribution in [-0.4, -0.2) is 31.7 Å². The van der Waals surface area contributed by atoms with E-state index in [0.29, 0.717) is 15.8 Å². The van der Waals surface area contributed by atoms with E-state index >= 15 is 0 Å². The van der Waals surface area contributed by atoms with Crippen LogP contribution in [0, 0.1) is 0 Å². The highest BCUT2D eigenvalue weighted by atomic mass is 32.2. The third kappa shape index (κ3) is 2.76. The Morgan fingerprint density at radius 2 is 1.64 bits per heavy atom. The van der Waals surface area contributed by atoms with Crippen molar-refractivity contribution in [1.29, 1.82) is 0 Å². The molecule has 1 saturated heterocycles. The number of aromatic amines is 1. The summed E-state index contributed by atoms with van der Waals surface area (Å²) in [5.74, 6) is 0. The molecular formula is C22H21N3O2S. The van der Waals surface area contributed by atoms with E-state index in [9.17, 15) is 8.42 Å². The Hall–Kier alpha value is -2.86. The maximum Gasteiger partial charge on any atom is 0.224 e. The van der Waals surface area contributed by atoms with Crippen molar-refractivity contribution < 1.29 is 8.42 Å². The average molecular weight is 391 g/mol. The van der Waals surface area contributed by atoms with Crippen molar-refractivity contribution in [3.05, 3.63) is 60.7 Å². The fraction of sp³-hybridized carbons (Fsp3) is 0.227. The minimum absolute atomic E-state index is 0.157. The predicted molar refractivity (Wildman–Crippen MR) is 112 cm³/mol. The summed E-state index contributed by atoms with van der Waals surface area (Å²) in [6, 6.07) is 18.8. The molecule has 0 bridgehead atoms. The van der Waals surface area contributed by atoms with Crippen molar-refractivity contribution in [3.8, 4) is 0 Å². The van der Waals surface area contributed by atoms with Gasteiger partial charge < -0.3 is 4.90 Å². The van der Waals surface area contributed by atoms with Crippen LogP contribution in [0.3, 0.4) is 0 Å². The summed E-state index contributed by atoms with van der Waals surface area (Å²) in [6.45, 7) is 2.08. The van der Waals surface area contributed by atoms with Gasteiger partial charge in [0, 0.05) is 29.5 Å². The minimum Gasteiger partial charge on any atom is -0.371 e. The van der Waals surface area contributed by atoms with Crippen molar-refractivity contribution in [2.24, 2.45) is 0 Å². The van der Waals surface area contributed by atoms with Gasteiger partial charge in [-0.25, -0.2) is 8.42 Å². The van der Waals surface area contributed by atoms with E-state index in [4.69, 9.17) is 0 Å². The van der Waals surface area contributed by atoms with Gasteiger partial charge in [0.1, 0.15) is 0 Å². The van der Waals surface area contributed by atoms with Crippen LogP contribution in [0.25, 0.3) is 21.7 Å². The second-order valence-electron chi connectivity index (χ2n) is 7.28. The molecule has 1 aliphatic heterocycles. The molecule has 0 atom stereocenters. The van der Waals surface area contributed by atoms with Crippen LogP contribution in [0.2, 0.25) is 0 Å². The summed E-state index contributed by atoms with van der Waals surface area (Å²) in [4.78, 5) is 2.65. The zero-order valence-electron chi connectivity index (χ0n) is 15.4. The van der Waals surface area contributed by atoms with E-state index in [1.54, 1.807) is 12.1 Å². The molecule has 2 heterocycles. The fourth-order valence-electron chi connectivity index (χ4n) is 4.07. The number of fused-ring (bicyclic) bond motifs is 2. The first kappa shape index (κ1) is 17.3. The molecule has 0 unspecified atom stereocenters. The summed E-state index contributed by atoms with van der Waals surface area (Å²) in [5.41, 5.74) is 1.79. The van der Waals surface area contributed by atoms with Gasteiger partial charge in [-0.15, -0.1) is 0 Å². The van der Waals surface area contributed by atoms with E-state index in [2.05, 4.69) is 15.1 Å². The number of nitrogens with zero attached hydrogens (tertiary/aromatic N) is 2. The Morgan fingerprint density at radius 3 is 2.50 bits per heavy atom. The molecule has 1 aromatic heterocycles. The van der Waals surface area contributed by atoms with Gasteiger partial charge in [0.2, 0.25) is 9.84 Å². The van der Waals surface area contributed by atoms with E-state index in [1.807, 2.05) is 48.5 Å². The van der Waals surface area contributed by atoms with E-state index in [0.717, 1.165) is 29.5 Å². The average Bonchev–Trinajstić information content (AvgIpc) is 3.18. The summed E-state index contributed by atoms with van der Waals surface area (Å²) in [5, 5.41) is 9.52. The quantitative estimate of drug-likeness (QED) is 0.557. The van der Waals surface area contributed by atoms with Gasteiger partial charge in [-0.2, -0.15) is 5.10 Å². The third-order valence-electron chi connectivity index (χ3n) is 5.53. The number of sulfone groups is 1. The Labute approximate surface area is 163 Å². The molecular weight excluding hydrogens is 370 g/mol. The van der Waals surface area contributed by atoms with Crippen molar-refractivity contribution in [2.75, 3.05) is 18.0 Å². The van der Waals surface area contributed by atoms with Gasteiger partial charge in [-0.05, 0) is 48.9 Å². The number of piperidine rings is 1. The first-order valence-electron chi connectivity index (χ1n) is 9.60. The van der Waals surface area contributed by atoms with Crippen LogP contribution in [0.4, 0.5) is 5.69 Å². The molecule has 3 aromatic carbocycles. The highest BCUT2D eigenvalue weighted by Crippen LogP contribution is 2.32. The molecule has 142 valence electrons. The first-order valence-corrected chi connectivity index (χ1v) is 11.1. The second-order valence-corrected chi connectivity index (χ2v) is 9.14. The van der Waals surface area contributed by atoms with Gasteiger partial charge in [0.05, 0.1) is 10.4 Å². The number of rotatable bonds is 3. The highest BCUT2D eigenvalue weighted by molar-refractivity contribution is 7.91. The second kappa shape index (κ2) is 6.63. The largest absolute Gasteiger partial charge is 0.371 e. The number of hydrogen-bond acceptors (Lipinski definition) is 4. The molecule has 1 aliphatic rings. The van der Waals surface area contributed by atoms with Crippen LogP contribution in [0.1, 0.15) is 19.3 Å². The molecule has 0 radical (unpaired) electrons. The molecule has 0 spiro atoms. The van der Waals surface area contributed by atoms with Gasteiger partial charge >= 0.3 is 0 Å². The summed E-state index contributed by atoms with van der Waals surface area (Å²) < 4.78 is 26.9. The first-order chi connectivity index (χ1) is 13.6. The van der Waals surface area contributed by atoms with Gasteiger partial charge in [0.15, 0.2) is 5.03 Å². The Kier molecular flexibility index (Phi) is 4.09. The number of aromatic nitrogens is 2. The molecule has 6 heteroatoms. The third-order valence-corrected chi connectivity index (χ3v) is 7.32. The number of H-pyrrole nitrogens is 1. The normalized spacial score (nSPS) is 15.4. The van der Waals surface area contributed by atoms with Crippen LogP contribution < -0.4 is 4.90 Å². The van der Waals surface area contributed by atoms with Crippen LogP contribution >= 0.6 is 0 Å². The minimum atomic E-state index is -3.72. The molecule has 0 aliphatic carbocycles. The SMILES string of the molecule is O=S(=O)(c1cccc2ccccc12)c1[nH]nc2cc(N3CCCCC3)ccc12. The molecule has 28 heavy (non-hydrogen) atoms. The number of nitrogens with one attached hydrogen (secondary N) is 1. The van der Waals surface area contributed by atoms with Crippen molar-refractivity contribution in [3.63, 3.8) is 0 Å². The van der Waals surface area contributed by atoms with E-state index in [1.165, 1.54) is 19.3 Å². The Balaban J connectivity index is 1.62. The molecule has 1 fully saturated rings. The van der Waals surface area contributed by atoms with Gasteiger partial charge in [-0.3, -0.25) is 5.10 Å². The van der Waals surface area contributed by atoms with Gasteiger partial charge in [-0.1, -0.05) is 36.4 Å². The van der Waals surface area contributed by atoms with E-state index in [-0.39, 0.29) is 5.03 Å². The molecule has 4 aromatic rings.